The third-order valence-electron chi connectivity index (χ3n) is 2.51. The zero-order valence-corrected chi connectivity index (χ0v) is 10.1. The second-order valence-corrected chi connectivity index (χ2v) is 3.65. The standard InChI is InChI=1S/C11H19N3O2/c1-4-16-11(15)7-14-9(3)10(5-6-12)8(2)13-14/h4-7,12H2,1-3H3. The van der Waals surface area contributed by atoms with Crippen LogP contribution in [-0.2, 0) is 22.5 Å². The van der Waals surface area contributed by atoms with E-state index in [0.717, 1.165) is 23.4 Å². The Kier molecular flexibility index (Phi) is 4.49. The summed E-state index contributed by atoms with van der Waals surface area (Å²) in [6.07, 6.45) is 0.792. The first-order chi connectivity index (χ1) is 7.60. The van der Waals surface area contributed by atoms with Crippen LogP contribution < -0.4 is 5.73 Å². The predicted octanol–water partition coefficient (Wildman–Crippen LogP) is 0.564. The average Bonchev–Trinajstić information content (AvgIpc) is 2.47. The fourth-order valence-corrected chi connectivity index (χ4v) is 1.72. The maximum atomic E-state index is 11.3. The van der Waals surface area contributed by atoms with Gasteiger partial charge in [0.15, 0.2) is 0 Å². The Labute approximate surface area is 95.6 Å². The summed E-state index contributed by atoms with van der Waals surface area (Å²) in [4.78, 5) is 11.3. The van der Waals surface area contributed by atoms with E-state index in [4.69, 9.17) is 10.5 Å². The van der Waals surface area contributed by atoms with Crippen molar-refractivity contribution in [1.82, 2.24) is 9.78 Å². The first-order valence-electron chi connectivity index (χ1n) is 5.48. The molecule has 5 nitrogen and oxygen atoms in total. The van der Waals surface area contributed by atoms with E-state index in [-0.39, 0.29) is 12.5 Å². The van der Waals surface area contributed by atoms with Gasteiger partial charge in [-0.2, -0.15) is 5.10 Å². The Hall–Kier alpha value is -1.36. The Balaban J connectivity index is 2.81. The summed E-state index contributed by atoms with van der Waals surface area (Å²) in [6, 6.07) is 0. The molecule has 0 saturated carbocycles. The van der Waals surface area contributed by atoms with Gasteiger partial charge in [0.05, 0.1) is 12.3 Å². The van der Waals surface area contributed by atoms with Crippen molar-refractivity contribution in [3.8, 4) is 0 Å². The molecule has 0 aliphatic carbocycles. The molecule has 1 aromatic rings. The summed E-state index contributed by atoms with van der Waals surface area (Å²) in [5.74, 6) is -0.257. The van der Waals surface area contributed by atoms with Gasteiger partial charge in [-0.15, -0.1) is 0 Å². The number of hydrogen-bond acceptors (Lipinski definition) is 4. The molecular formula is C11H19N3O2. The van der Waals surface area contributed by atoms with Gasteiger partial charge in [0.2, 0.25) is 0 Å². The van der Waals surface area contributed by atoms with Crippen molar-refractivity contribution in [2.45, 2.75) is 33.7 Å². The van der Waals surface area contributed by atoms with Gasteiger partial charge in [-0.1, -0.05) is 0 Å². The van der Waals surface area contributed by atoms with Gasteiger partial charge in [-0.05, 0) is 39.3 Å². The van der Waals surface area contributed by atoms with Crippen LogP contribution in [0, 0.1) is 13.8 Å². The van der Waals surface area contributed by atoms with E-state index >= 15 is 0 Å². The molecule has 0 spiro atoms. The minimum absolute atomic E-state index is 0.172. The van der Waals surface area contributed by atoms with Crippen LogP contribution in [0.5, 0.6) is 0 Å². The molecule has 0 aliphatic heterocycles. The summed E-state index contributed by atoms with van der Waals surface area (Å²) < 4.78 is 6.56. The van der Waals surface area contributed by atoms with Crippen LogP contribution in [0.15, 0.2) is 0 Å². The molecule has 0 amide bonds. The van der Waals surface area contributed by atoms with Gasteiger partial charge in [0.1, 0.15) is 6.54 Å². The van der Waals surface area contributed by atoms with Crippen molar-refractivity contribution in [3.05, 3.63) is 17.0 Å². The summed E-state index contributed by atoms with van der Waals surface area (Å²) in [6.45, 7) is 6.83. The van der Waals surface area contributed by atoms with Gasteiger partial charge in [-0.3, -0.25) is 9.48 Å². The van der Waals surface area contributed by atoms with Crippen molar-refractivity contribution >= 4 is 5.97 Å². The number of carbonyl (C=O) groups is 1. The molecule has 0 aliphatic rings. The molecule has 5 heteroatoms. The minimum atomic E-state index is -0.257. The van der Waals surface area contributed by atoms with Crippen molar-refractivity contribution in [2.24, 2.45) is 5.73 Å². The average molecular weight is 225 g/mol. The molecule has 2 N–H and O–H groups in total. The lowest BCUT2D eigenvalue weighted by molar-refractivity contribution is -0.144. The number of ether oxygens (including phenoxy) is 1. The summed E-state index contributed by atoms with van der Waals surface area (Å²) >= 11 is 0. The molecule has 1 rings (SSSR count). The third-order valence-corrected chi connectivity index (χ3v) is 2.51. The molecular weight excluding hydrogens is 206 g/mol. The Morgan fingerprint density at radius 1 is 1.50 bits per heavy atom. The number of rotatable bonds is 5. The topological polar surface area (TPSA) is 70.1 Å². The van der Waals surface area contributed by atoms with E-state index in [0.29, 0.717) is 13.2 Å². The van der Waals surface area contributed by atoms with Crippen LogP contribution in [0.4, 0.5) is 0 Å². The molecule has 1 aromatic heterocycles. The lowest BCUT2D eigenvalue weighted by Gasteiger charge is -2.04. The third kappa shape index (κ3) is 2.82. The van der Waals surface area contributed by atoms with Crippen LogP contribution in [0.1, 0.15) is 23.9 Å². The number of nitrogens with zero attached hydrogens (tertiary/aromatic N) is 2. The van der Waals surface area contributed by atoms with Crippen molar-refractivity contribution < 1.29 is 9.53 Å². The van der Waals surface area contributed by atoms with Crippen LogP contribution in [0.25, 0.3) is 0 Å². The molecule has 90 valence electrons. The fourth-order valence-electron chi connectivity index (χ4n) is 1.72. The first-order valence-corrected chi connectivity index (χ1v) is 5.48. The normalized spacial score (nSPS) is 10.5. The van der Waals surface area contributed by atoms with Crippen molar-refractivity contribution in [3.63, 3.8) is 0 Å². The number of hydrogen-bond donors (Lipinski definition) is 1. The molecule has 0 atom stereocenters. The Morgan fingerprint density at radius 3 is 2.75 bits per heavy atom. The molecule has 0 unspecified atom stereocenters. The highest BCUT2D eigenvalue weighted by molar-refractivity contribution is 5.69. The maximum Gasteiger partial charge on any atom is 0.327 e. The summed E-state index contributed by atoms with van der Waals surface area (Å²) in [5.41, 5.74) is 8.59. The molecule has 16 heavy (non-hydrogen) atoms. The van der Waals surface area contributed by atoms with E-state index < -0.39 is 0 Å². The van der Waals surface area contributed by atoms with E-state index in [2.05, 4.69) is 5.10 Å². The summed E-state index contributed by atoms with van der Waals surface area (Å²) in [5, 5.41) is 4.31. The first kappa shape index (κ1) is 12.7. The van der Waals surface area contributed by atoms with Gasteiger partial charge < -0.3 is 10.5 Å². The maximum absolute atomic E-state index is 11.3. The Morgan fingerprint density at radius 2 is 2.19 bits per heavy atom. The predicted molar refractivity (Wildman–Crippen MR) is 61.1 cm³/mol. The molecule has 0 bridgehead atoms. The Bertz CT molecular complexity index is 372. The van der Waals surface area contributed by atoms with Gasteiger partial charge in [0.25, 0.3) is 0 Å². The van der Waals surface area contributed by atoms with Crippen molar-refractivity contribution in [1.29, 1.82) is 0 Å². The van der Waals surface area contributed by atoms with Gasteiger partial charge in [0, 0.05) is 5.69 Å². The largest absolute Gasteiger partial charge is 0.465 e. The quantitative estimate of drug-likeness (QED) is 0.743. The van der Waals surface area contributed by atoms with Gasteiger partial charge >= 0.3 is 5.97 Å². The second kappa shape index (κ2) is 5.65. The van der Waals surface area contributed by atoms with Gasteiger partial charge in [-0.25, -0.2) is 0 Å². The monoisotopic (exact) mass is 225 g/mol. The molecule has 0 aromatic carbocycles. The zero-order valence-electron chi connectivity index (χ0n) is 10.1. The molecule has 1 heterocycles. The highest BCUT2D eigenvalue weighted by Gasteiger charge is 2.13. The molecule has 0 fully saturated rings. The van der Waals surface area contributed by atoms with Crippen molar-refractivity contribution in [2.75, 3.05) is 13.2 Å². The SMILES string of the molecule is CCOC(=O)Cn1nc(C)c(CCN)c1C. The van der Waals surface area contributed by atoms with Crippen LogP contribution >= 0.6 is 0 Å². The fraction of sp³-hybridized carbons (Fsp3) is 0.636. The molecule has 0 saturated heterocycles. The number of aryl methyl sites for hydroxylation is 1. The lowest BCUT2D eigenvalue weighted by Crippen LogP contribution is -2.15. The number of carbonyl (C=O) groups excluding carboxylic acids is 1. The van der Waals surface area contributed by atoms with Crippen LogP contribution in [0.2, 0.25) is 0 Å². The number of aromatic nitrogens is 2. The minimum Gasteiger partial charge on any atom is -0.465 e. The van der Waals surface area contributed by atoms with Crippen LogP contribution in [-0.4, -0.2) is 28.9 Å². The highest BCUT2D eigenvalue weighted by atomic mass is 16.5. The highest BCUT2D eigenvalue weighted by Crippen LogP contribution is 2.13. The second-order valence-electron chi connectivity index (χ2n) is 3.65. The van der Waals surface area contributed by atoms with E-state index in [1.54, 1.807) is 11.6 Å². The van der Waals surface area contributed by atoms with Crippen LogP contribution in [0.3, 0.4) is 0 Å². The smallest absolute Gasteiger partial charge is 0.327 e. The van der Waals surface area contributed by atoms with E-state index in [1.165, 1.54) is 0 Å². The number of nitrogens with two attached hydrogens (primary N) is 1. The lowest BCUT2D eigenvalue weighted by atomic mass is 10.1. The summed E-state index contributed by atoms with van der Waals surface area (Å²) in [7, 11) is 0. The number of esters is 1. The van der Waals surface area contributed by atoms with E-state index in [9.17, 15) is 4.79 Å². The zero-order chi connectivity index (χ0) is 12.1. The van der Waals surface area contributed by atoms with E-state index in [1.807, 2.05) is 13.8 Å². The molecule has 0 radical (unpaired) electrons.